The van der Waals surface area contributed by atoms with Gasteiger partial charge in [0, 0.05) is 17.2 Å². The number of H-pyrrole nitrogens is 1. The smallest absolute Gasteiger partial charge is 0.233 e. The fourth-order valence-electron chi connectivity index (χ4n) is 4.42. The first-order chi connectivity index (χ1) is 13.2. The number of tetrazole rings is 1. The van der Waals surface area contributed by atoms with E-state index in [0.29, 0.717) is 28.5 Å². The number of nitrogens with one attached hydrogen (secondary N) is 1. The Morgan fingerprint density at radius 3 is 2.48 bits per heavy atom. The third-order valence-electron chi connectivity index (χ3n) is 5.66. The molecule has 0 amide bonds. The van der Waals surface area contributed by atoms with E-state index in [1.807, 2.05) is 18.2 Å². The molecule has 2 aliphatic rings. The van der Waals surface area contributed by atoms with Gasteiger partial charge in [-0.2, -0.15) is 0 Å². The maximum atomic E-state index is 10.4. The predicted molar refractivity (Wildman–Crippen MR) is 96.8 cm³/mol. The SMILES string of the molecule is Oc1cc(-c2nnn[nH]2)ccc1-c1ccc(O[C@H]2C[C@@H]3CC[C@@H](C3)C2)nn1. The summed E-state index contributed by atoms with van der Waals surface area (Å²) in [7, 11) is 0. The molecule has 0 saturated heterocycles. The summed E-state index contributed by atoms with van der Waals surface area (Å²) in [6.45, 7) is 0. The molecule has 1 aromatic carbocycles. The first kappa shape index (κ1) is 16.2. The number of rotatable bonds is 4. The van der Waals surface area contributed by atoms with Crippen molar-refractivity contribution >= 4 is 0 Å². The molecule has 0 unspecified atom stereocenters. The minimum atomic E-state index is 0.0933. The van der Waals surface area contributed by atoms with Gasteiger partial charge in [-0.25, -0.2) is 5.10 Å². The summed E-state index contributed by atoms with van der Waals surface area (Å²) in [5, 5.41) is 32.4. The van der Waals surface area contributed by atoms with Crippen molar-refractivity contribution in [2.75, 3.05) is 0 Å². The van der Waals surface area contributed by atoms with Crippen LogP contribution in [0.5, 0.6) is 11.6 Å². The number of aromatic hydroxyl groups is 1. The Labute approximate surface area is 156 Å². The fourth-order valence-corrected chi connectivity index (χ4v) is 4.42. The van der Waals surface area contributed by atoms with Gasteiger partial charge in [0.2, 0.25) is 5.88 Å². The average molecular weight is 364 g/mol. The van der Waals surface area contributed by atoms with Crippen LogP contribution in [-0.4, -0.2) is 42.0 Å². The van der Waals surface area contributed by atoms with Crippen LogP contribution < -0.4 is 4.74 Å². The van der Waals surface area contributed by atoms with Gasteiger partial charge in [-0.3, -0.25) is 0 Å². The summed E-state index contributed by atoms with van der Waals surface area (Å²) in [5.41, 5.74) is 1.88. The molecule has 2 fully saturated rings. The van der Waals surface area contributed by atoms with Crippen LogP contribution in [-0.2, 0) is 0 Å². The molecular weight excluding hydrogens is 344 g/mol. The molecule has 2 aromatic heterocycles. The normalized spacial score (nSPS) is 24.1. The lowest BCUT2D eigenvalue weighted by atomic mass is 9.87. The highest BCUT2D eigenvalue weighted by Gasteiger charge is 2.35. The average Bonchev–Trinajstić information content (AvgIpc) is 3.32. The highest BCUT2D eigenvalue weighted by molar-refractivity contribution is 5.71. The zero-order chi connectivity index (χ0) is 18.2. The van der Waals surface area contributed by atoms with Gasteiger partial charge < -0.3 is 9.84 Å². The van der Waals surface area contributed by atoms with Gasteiger partial charge in [-0.15, -0.1) is 15.3 Å². The second-order valence-electron chi connectivity index (χ2n) is 7.49. The molecule has 2 bridgehead atoms. The Morgan fingerprint density at radius 2 is 1.81 bits per heavy atom. The molecule has 8 heteroatoms. The number of phenolic OH excluding ortho intramolecular Hbond substituents is 1. The molecule has 138 valence electrons. The van der Waals surface area contributed by atoms with E-state index >= 15 is 0 Å². The lowest BCUT2D eigenvalue weighted by molar-refractivity contribution is 0.113. The van der Waals surface area contributed by atoms with Crippen LogP contribution in [0.15, 0.2) is 30.3 Å². The Morgan fingerprint density at radius 1 is 0.963 bits per heavy atom. The predicted octanol–water partition coefficient (Wildman–Crippen LogP) is 2.99. The maximum Gasteiger partial charge on any atom is 0.233 e. The Hall–Kier alpha value is -3.03. The number of benzene rings is 1. The zero-order valence-corrected chi connectivity index (χ0v) is 14.7. The van der Waals surface area contributed by atoms with E-state index in [1.165, 1.54) is 19.3 Å². The first-order valence-corrected chi connectivity index (χ1v) is 9.32. The third kappa shape index (κ3) is 3.22. The van der Waals surface area contributed by atoms with Crippen molar-refractivity contribution in [3.8, 4) is 34.3 Å². The van der Waals surface area contributed by atoms with Crippen molar-refractivity contribution in [1.29, 1.82) is 0 Å². The van der Waals surface area contributed by atoms with E-state index < -0.39 is 0 Å². The quantitative estimate of drug-likeness (QED) is 0.732. The molecule has 27 heavy (non-hydrogen) atoms. The van der Waals surface area contributed by atoms with E-state index in [-0.39, 0.29) is 11.9 Å². The molecule has 2 aliphatic carbocycles. The molecule has 5 rings (SSSR count). The minimum absolute atomic E-state index is 0.0933. The molecule has 0 spiro atoms. The number of hydrogen-bond acceptors (Lipinski definition) is 7. The molecule has 3 aromatic rings. The first-order valence-electron chi connectivity index (χ1n) is 9.32. The van der Waals surface area contributed by atoms with Gasteiger partial charge in [0.1, 0.15) is 11.9 Å². The second kappa shape index (κ2) is 6.61. The number of fused-ring (bicyclic) bond motifs is 2. The lowest BCUT2D eigenvalue weighted by Gasteiger charge is -2.27. The van der Waals surface area contributed by atoms with Crippen molar-refractivity contribution in [3.05, 3.63) is 30.3 Å². The van der Waals surface area contributed by atoms with Crippen molar-refractivity contribution in [3.63, 3.8) is 0 Å². The second-order valence-corrected chi connectivity index (χ2v) is 7.49. The van der Waals surface area contributed by atoms with E-state index in [2.05, 4.69) is 30.8 Å². The van der Waals surface area contributed by atoms with Crippen LogP contribution >= 0.6 is 0 Å². The fraction of sp³-hybridized carbons (Fsp3) is 0.421. The molecule has 8 nitrogen and oxygen atoms in total. The van der Waals surface area contributed by atoms with Crippen LogP contribution in [0, 0.1) is 11.8 Å². The molecule has 2 N–H and O–H groups in total. The minimum Gasteiger partial charge on any atom is -0.507 e. The van der Waals surface area contributed by atoms with Gasteiger partial charge in [0.05, 0.1) is 5.69 Å². The largest absolute Gasteiger partial charge is 0.507 e. The van der Waals surface area contributed by atoms with Crippen molar-refractivity contribution in [2.24, 2.45) is 11.8 Å². The van der Waals surface area contributed by atoms with Crippen molar-refractivity contribution in [1.82, 2.24) is 30.8 Å². The van der Waals surface area contributed by atoms with Crippen LogP contribution in [0.2, 0.25) is 0 Å². The molecule has 0 radical (unpaired) electrons. The van der Waals surface area contributed by atoms with Crippen LogP contribution in [0.25, 0.3) is 22.6 Å². The lowest BCUT2D eigenvalue weighted by Crippen LogP contribution is -2.26. The summed E-state index contributed by atoms with van der Waals surface area (Å²) < 4.78 is 6.06. The summed E-state index contributed by atoms with van der Waals surface area (Å²) in [4.78, 5) is 0. The Bertz CT molecular complexity index is 916. The highest BCUT2D eigenvalue weighted by atomic mass is 16.5. The molecule has 3 atom stereocenters. The molecule has 0 aliphatic heterocycles. The zero-order valence-electron chi connectivity index (χ0n) is 14.7. The summed E-state index contributed by atoms with van der Waals surface area (Å²) in [6.07, 6.45) is 6.55. The van der Waals surface area contributed by atoms with Crippen molar-refractivity contribution < 1.29 is 9.84 Å². The Balaban J connectivity index is 1.31. The number of phenols is 1. The van der Waals surface area contributed by atoms with Gasteiger partial charge >= 0.3 is 0 Å². The van der Waals surface area contributed by atoms with E-state index in [9.17, 15) is 5.11 Å². The van der Waals surface area contributed by atoms with Crippen molar-refractivity contribution in [2.45, 2.75) is 38.2 Å². The van der Waals surface area contributed by atoms with Gasteiger partial charge in [0.15, 0.2) is 5.82 Å². The summed E-state index contributed by atoms with van der Waals surface area (Å²) in [5.74, 6) is 2.77. The molecule has 2 heterocycles. The monoisotopic (exact) mass is 364 g/mol. The van der Waals surface area contributed by atoms with E-state index in [1.54, 1.807) is 12.1 Å². The van der Waals surface area contributed by atoms with Gasteiger partial charge in [-0.05, 0) is 59.7 Å². The number of ether oxygens (including phenoxy) is 1. The Kier molecular flexibility index (Phi) is 3.95. The van der Waals surface area contributed by atoms with E-state index in [0.717, 1.165) is 24.7 Å². The van der Waals surface area contributed by atoms with Crippen LogP contribution in [0.3, 0.4) is 0 Å². The number of aromatic amines is 1. The highest BCUT2D eigenvalue weighted by Crippen LogP contribution is 2.43. The van der Waals surface area contributed by atoms with E-state index in [4.69, 9.17) is 4.74 Å². The van der Waals surface area contributed by atoms with Crippen LogP contribution in [0.4, 0.5) is 0 Å². The summed E-state index contributed by atoms with van der Waals surface area (Å²) in [6, 6.07) is 8.84. The van der Waals surface area contributed by atoms with Gasteiger partial charge in [0.25, 0.3) is 0 Å². The maximum absolute atomic E-state index is 10.4. The topological polar surface area (TPSA) is 110 Å². The van der Waals surface area contributed by atoms with Gasteiger partial charge in [-0.1, -0.05) is 18.9 Å². The van der Waals surface area contributed by atoms with Crippen LogP contribution in [0.1, 0.15) is 32.1 Å². The number of aromatic nitrogens is 6. The number of nitrogens with zero attached hydrogens (tertiary/aromatic N) is 5. The standard InChI is InChI=1S/C19H20N6O2/c26-17-10-13(19-22-24-25-23-19)3-4-15(17)16-5-6-18(21-20-16)27-14-8-11-1-2-12(7-11)9-14/h3-6,10-12,14,26H,1-2,7-9H2,(H,22,23,24,25)/t11-,12+,14+. The number of hydrogen-bond donors (Lipinski definition) is 2. The third-order valence-corrected chi connectivity index (χ3v) is 5.66. The molecular formula is C19H20N6O2. The molecule has 2 saturated carbocycles. The summed E-state index contributed by atoms with van der Waals surface area (Å²) >= 11 is 0.